The zero-order chi connectivity index (χ0) is 14.0. The van der Waals surface area contributed by atoms with Crippen molar-refractivity contribution in [2.24, 2.45) is 0 Å². The Balaban J connectivity index is 3.81. The number of hydrogen-bond donors (Lipinski definition) is 2. The molecule has 0 aliphatic carbocycles. The highest BCUT2D eigenvalue weighted by molar-refractivity contribution is 5.82. The van der Waals surface area contributed by atoms with E-state index in [1.807, 2.05) is 6.92 Å². The standard InChI is InChI=1S/C13H25NO4/c1-4-5-6-7-8-10(2)18-9-12(13(16)17)14-11(3)15/h10,12H,4-9H2,1-3H3,(H,14,15)(H,16,17). The van der Waals surface area contributed by atoms with Crippen LogP contribution in [0.1, 0.15) is 52.9 Å². The highest BCUT2D eigenvalue weighted by atomic mass is 16.5. The van der Waals surface area contributed by atoms with Gasteiger partial charge in [-0.3, -0.25) is 4.79 Å². The van der Waals surface area contributed by atoms with Crippen molar-refractivity contribution in [3.05, 3.63) is 0 Å². The predicted molar refractivity (Wildman–Crippen MR) is 69.4 cm³/mol. The largest absolute Gasteiger partial charge is 0.480 e. The molecule has 0 aliphatic heterocycles. The van der Waals surface area contributed by atoms with Crippen molar-refractivity contribution < 1.29 is 19.4 Å². The third-order valence-electron chi connectivity index (χ3n) is 2.69. The summed E-state index contributed by atoms with van der Waals surface area (Å²) < 4.78 is 5.45. The van der Waals surface area contributed by atoms with E-state index in [0.29, 0.717) is 0 Å². The predicted octanol–water partition coefficient (Wildman–Crippen LogP) is 1.95. The van der Waals surface area contributed by atoms with Crippen LogP contribution in [0.25, 0.3) is 0 Å². The van der Waals surface area contributed by atoms with Gasteiger partial charge < -0.3 is 15.2 Å². The molecular weight excluding hydrogens is 234 g/mol. The number of carbonyl (C=O) groups excluding carboxylic acids is 1. The second-order valence-corrected chi connectivity index (χ2v) is 4.58. The Labute approximate surface area is 109 Å². The van der Waals surface area contributed by atoms with Crippen LogP contribution in [0.15, 0.2) is 0 Å². The summed E-state index contributed by atoms with van der Waals surface area (Å²) >= 11 is 0. The first-order valence-electron chi connectivity index (χ1n) is 6.58. The van der Waals surface area contributed by atoms with Gasteiger partial charge in [0, 0.05) is 6.92 Å². The fraction of sp³-hybridized carbons (Fsp3) is 0.846. The first kappa shape index (κ1) is 16.9. The topological polar surface area (TPSA) is 75.6 Å². The van der Waals surface area contributed by atoms with Gasteiger partial charge in [-0.1, -0.05) is 32.6 Å². The first-order valence-corrected chi connectivity index (χ1v) is 6.58. The fourth-order valence-electron chi connectivity index (χ4n) is 1.62. The summed E-state index contributed by atoms with van der Waals surface area (Å²) in [5, 5.41) is 11.2. The van der Waals surface area contributed by atoms with Crippen LogP contribution in [0.5, 0.6) is 0 Å². The third kappa shape index (κ3) is 8.98. The van der Waals surface area contributed by atoms with Crippen LogP contribution < -0.4 is 5.32 Å². The molecule has 5 heteroatoms. The lowest BCUT2D eigenvalue weighted by molar-refractivity contribution is -0.144. The molecule has 0 spiro atoms. The minimum absolute atomic E-state index is 0.0177. The van der Waals surface area contributed by atoms with Crippen LogP contribution in [0.4, 0.5) is 0 Å². The second-order valence-electron chi connectivity index (χ2n) is 4.58. The van der Waals surface area contributed by atoms with E-state index in [4.69, 9.17) is 9.84 Å². The van der Waals surface area contributed by atoms with Crippen LogP contribution in [-0.2, 0) is 14.3 Å². The number of rotatable bonds is 10. The van der Waals surface area contributed by atoms with Gasteiger partial charge in [0.25, 0.3) is 0 Å². The van der Waals surface area contributed by atoms with E-state index in [9.17, 15) is 9.59 Å². The molecule has 0 fully saturated rings. The number of aliphatic carboxylic acids is 1. The van der Waals surface area contributed by atoms with Gasteiger partial charge >= 0.3 is 5.97 Å². The maximum Gasteiger partial charge on any atom is 0.328 e. The number of amides is 1. The third-order valence-corrected chi connectivity index (χ3v) is 2.69. The Morgan fingerprint density at radius 3 is 2.44 bits per heavy atom. The minimum Gasteiger partial charge on any atom is -0.480 e. The van der Waals surface area contributed by atoms with Gasteiger partial charge in [-0.05, 0) is 13.3 Å². The lowest BCUT2D eigenvalue weighted by atomic mass is 10.1. The van der Waals surface area contributed by atoms with Crippen LogP contribution >= 0.6 is 0 Å². The van der Waals surface area contributed by atoms with Crippen molar-refractivity contribution >= 4 is 11.9 Å². The van der Waals surface area contributed by atoms with Crippen molar-refractivity contribution in [2.75, 3.05) is 6.61 Å². The van der Waals surface area contributed by atoms with Gasteiger partial charge in [-0.15, -0.1) is 0 Å². The summed E-state index contributed by atoms with van der Waals surface area (Å²) in [6.45, 7) is 5.40. The molecule has 0 aliphatic rings. The van der Waals surface area contributed by atoms with Crippen molar-refractivity contribution in [1.29, 1.82) is 0 Å². The maximum absolute atomic E-state index is 10.9. The zero-order valence-electron chi connectivity index (χ0n) is 11.6. The molecule has 0 rings (SSSR count). The van der Waals surface area contributed by atoms with Gasteiger partial charge in [0.05, 0.1) is 12.7 Å². The number of nitrogens with one attached hydrogen (secondary N) is 1. The molecule has 2 N–H and O–H groups in total. The van der Waals surface area contributed by atoms with Gasteiger partial charge in [-0.2, -0.15) is 0 Å². The van der Waals surface area contributed by atoms with E-state index in [2.05, 4.69) is 12.2 Å². The van der Waals surface area contributed by atoms with Gasteiger partial charge in [0.2, 0.25) is 5.91 Å². The van der Waals surface area contributed by atoms with Crippen molar-refractivity contribution in [1.82, 2.24) is 5.32 Å². The van der Waals surface area contributed by atoms with Crippen LogP contribution in [0.3, 0.4) is 0 Å². The Morgan fingerprint density at radius 1 is 1.28 bits per heavy atom. The average molecular weight is 259 g/mol. The summed E-state index contributed by atoms with van der Waals surface area (Å²) in [4.78, 5) is 21.7. The summed E-state index contributed by atoms with van der Waals surface area (Å²) in [5.41, 5.74) is 0. The molecular formula is C13H25NO4. The lowest BCUT2D eigenvalue weighted by Gasteiger charge is -2.17. The summed E-state index contributed by atoms with van der Waals surface area (Å²) in [6.07, 6.45) is 5.63. The van der Waals surface area contributed by atoms with Crippen LogP contribution in [0.2, 0.25) is 0 Å². The normalized spacial score (nSPS) is 13.9. The number of hydrogen-bond acceptors (Lipinski definition) is 3. The van der Waals surface area contributed by atoms with E-state index in [1.54, 1.807) is 0 Å². The van der Waals surface area contributed by atoms with E-state index in [1.165, 1.54) is 26.2 Å². The molecule has 0 aromatic carbocycles. The Morgan fingerprint density at radius 2 is 1.94 bits per heavy atom. The first-order chi connectivity index (χ1) is 8.47. The van der Waals surface area contributed by atoms with E-state index in [0.717, 1.165) is 12.8 Å². The van der Waals surface area contributed by atoms with Crippen molar-refractivity contribution in [3.63, 3.8) is 0 Å². The summed E-state index contributed by atoms with van der Waals surface area (Å²) in [7, 11) is 0. The van der Waals surface area contributed by atoms with Gasteiger partial charge in [0.15, 0.2) is 6.04 Å². The summed E-state index contributed by atoms with van der Waals surface area (Å²) in [6, 6.07) is -0.958. The highest BCUT2D eigenvalue weighted by Crippen LogP contribution is 2.08. The number of carboxylic acid groups (broad SMARTS) is 1. The van der Waals surface area contributed by atoms with E-state index >= 15 is 0 Å². The average Bonchev–Trinajstić information content (AvgIpc) is 2.29. The molecule has 2 atom stereocenters. The van der Waals surface area contributed by atoms with Crippen LogP contribution in [0, 0.1) is 0 Å². The number of ether oxygens (including phenoxy) is 1. The SMILES string of the molecule is CCCCCCC(C)OCC(NC(C)=O)C(=O)O. The van der Waals surface area contributed by atoms with Gasteiger partial charge in [-0.25, -0.2) is 4.79 Å². The number of carboxylic acids is 1. The van der Waals surface area contributed by atoms with Crippen LogP contribution in [-0.4, -0.2) is 35.7 Å². The molecule has 0 saturated carbocycles. The monoisotopic (exact) mass is 259 g/mol. The molecule has 0 aromatic heterocycles. The summed E-state index contributed by atoms with van der Waals surface area (Å²) in [5.74, 6) is -1.43. The van der Waals surface area contributed by atoms with Crippen molar-refractivity contribution in [3.8, 4) is 0 Å². The molecule has 2 unspecified atom stereocenters. The molecule has 18 heavy (non-hydrogen) atoms. The van der Waals surface area contributed by atoms with Crippen molar-refractivity contribution in [2.45, 2.75) is 65.0 Å². The Hall–Kier alpha value is -1.10. The molecule has 0 bridgehead atoms. The lowest BCUT2D eigenvalue weighted by Crippen LogP contribution is -2.43. The fourth-order valence-corrected chi connectivity index (χ4v) is 1.62. The molecule has 106 valence electrons. The maximum atomic E-state index is 10.9. The molecule has 0 aromatic rings. The smallest absolute Gasteiger partial charge is 0.328 e. The Kier molecular flexibility index (Phi) is 9.28. The molecule has 1 amide bonds. The second kappa shape index (κ2) is 9.88. The quantitative estimate of drug-likeness (QED) is 0.588. The van der Waals surface area contributed by atoms with Gasteiger partial charge in [0.1, 0.15) is 0 Å². The van der Waals surface area contributed by atoms with E-state index < -0.39 is 12.0 Å². The minimum atomic E-state index is -1.07. The number of carbonyl (C=O) groups is 2. The number of unbranched alkanes of at least 4 members (excludes halogenated alkanes) is 3. The van der Waals surface area contributed by atoms with E-state index in [-0.39, 0.29) is 18.6 Å². The molecule has 0 radical (unpaired) electrons. The molecule has 5 nitrogen and oxygen atoms in total. The highest BCUT2D eigenvalue weighted by Gasteiger charge is 2.19. The Bertz CT molecular complexity index is 255. The molecule has 0 saturated heterocycles. The zero-order valence-corrected chi connectivity index (χ0v) is 11.6. The molecule has 0 heterocycles.